The number of hydrogen-bond donors (Lipinski definition) is 1. The largest absolute Gasteiger partial charge is 0.469 e. The van der Waals surface area contributed by atoms with Crippen LogP contribution < -0.4 is 5.32 Å². The molecule has 128 valence electrons. The van der Waals surface area contributed by atoms with Gasteiger partial charge in [0.1, 0.15) is 5.76 Å². The molecule has 1 saturated carbocycles. The molecule has 4 atom stereocenters. The van der Waals surface area contributed by atoms with E-state index >= 15 is 0 Å². The Labute approximate surface area is 145 Å². The first-order valence-electron chi connectivity index (χ1n) is 8.34. The van der Waals surface area contributed by atoms with Gasteiger partial charge in [-0.3, -0.25) is 4.79 Å². The highest BCUT2D eigenvalue weighted by atomic mass is 16.5. The summed E-state index contributed by atoms with van der Waals surface area (Å²) in [6.07, 6.45) is 6.49. The van der Waals surface area contributed by atoms with Crippen LogP contribution in [0.4, 0.5) is 0 Å². The summed E-state index contributed by atoms with van der Waals surface area (Å²) in [7, 11) is 1.35. The van der Waals surface area contributed by atoms with E-state index in [2.05, 4.69) is 11.4 Å². The second kappa shape index (κ2) is 5.92. The lowest BCUT2D eigenvalue weighted by Crippen LogP contribution is -2.61. The Morgan fingerprint density at radius 1 is 1.16 bits per heavy atom. The normalized spacial score (nSPS) is 29.6. The van der Waals surface area contributed by atoms with Crippen LogP contribution in [-0.4, -0.2) is 24.5 Å². The average Bonchev–Trinajstić information content (AvgIpc) is 3.38. The van der Waals surface area contributed by atoms with Crippen LogP contribution in [0.3, 0.4) is 0 Å². The third-order valence-corrected chi connectivity index (χ3v) is 5.35. The van der Waals surface area contributed by atoms with Crippen LogP contribution in [0.1, 0.15) is 28.5 Å². The second-order valence-electron chi connectivity index (χ2n) is 6.56. The van der Waals surface area contributed by atoms with Gasteiger partial charge < -0.3 is 14.5 Å². The van der Waals surface area contributed by atoms with Gasteiger partial charge in [0.25, 0.3) is 5.91 Å². The highest BCUT2D eigenvalue weighted by molar-refractivity contribution is 5.99. The fourth-order valence-corrected chi connectivity index (χ4v) is 4.30. The molecule has 5 heteroatoms. The van der Waals surface area contributed by atoms with Gasteiger partial charge in [0.05, 0.1) is 19.3 Å². The van der Waals surface area contributed by atoms with Crippen LogP contribution in [0.15, 0.2) is 65.3 Å². The van der Waals surface area contributed by atoms with Crippen LogP contribution in [0, 0.1) is 11.8 Å². The van der Waals surface area contributed by atoms with Crippen molar-refractivity contribution in [2.24, 2.45) is 11.8 Å². The molecule has 0 saturated heterocycles. The van der Waals surface area contributed by atoms with Gasteiger partial charge in [-0.2, -0.15) is 0 Å². The van der Waals surface area contributed by atoms with E-state index < -0.39 is 11.5 Å². The highest BCUT2D eigenvalue weighted by Crippen LogP contribution is 2.56. The molecular formula is C20H19NO4. The quantitative estimate of drug-likeness (QED) is 0.688. The molecular weight excluding hydrogens is 318 g/mol. The molecule has 4 rings (SSSR count). The van der Waals surface area contributed by atoms with Gasteiger partial charge in [0, 0.05) is 11.5 Å². The van der Waals surface area contributed by atoms with Crippen molar-refractivity contribution in [2.75, 3.05) is 7.11 Å². The molecule has 0 radical (unpaired) electrons. The average molecular weight is 337 g/mol. The van der Waals surface area contributed by atoms with Gasteiger partial charge >= 0.3 is 5.97 Å². The smallest absolute Gasteiger partial charge is 0.333 e. The predicted molar refractivity (Wildman–Crippen MR) is 90.8 cm³/mol. The van der Waals surface area contributed by atoms with Crippen molar-refractivity contribution in [3.63, 3.8) is 0 Å². The molecule has 1 heterocycles. The third kappa shape index (κ3) is 2.30. The molecule has 0 spiro atoms. The molecule has 0 aliphatic heterocycles. The Bertz CT molecular complexity index is 811. The van der Waals surface area contributed by atoms with Crippen LogP contribution >= 0.6 is 0 Å². The van der Waals surface area contributed by atoms with E-state index in [9.17, 15) is 9.59 Å². The Morgan fingerprint density at radius 3 is 2.64 bits per heavy atom. The molecule has 0 unspecified atom stereocenters. The molecule has 1 amide bonds. The number of carbonyl (C=O) groups excluding carboxylic acids is 2. The molecule has 2 aromatic rings. The first-order valence-corrected chi connectivity index (χ1v) is 8.34. The summed E-state index contributed by atoms with van der Waals surface area (Å²) in [5.74, 6) is -0.300. The minimum atomic E-state index is -1.15. The van der Waals surface area contributed by atoms with E-state index in [-0.39, 0.29) is 23.7 Å². The number of carbonyl (C=O) groups is 2. The number of hydrogen-bond acceptors (Lipinski definition) is 4. The summed E-state index contributed by atoms with van der Waals surface area (Å²) in [6.45, 7) is 0. The fourth-order valence-electron chi connectivity index (χ4n) is 4.30. The van der Waals surface area contributed by atoms with E-state index in [1.807, 2.05) is 18.2 Å². The number of fused-ring (bicyclic) bond motifs is 2. The Balaban J connectivity index is 1.78. The van der Waals surface area contributed by atoms with E-state index in [0.29, 0.717) is 11.3 Å². The number of rotatable bonds is 4. The fraction of sp³-hybridized carbons (Fsp3) is 0.300. The minimum Gasteiger partial charge on any atom is -0.469 e. The molecule has 1 aromatic heterocycles. The van der Waals surface area contributed by atoms with Gasteiger partial charge in [-0.05, 0) is 36.6 Å². The third-order valence-electron chi connectivity index (χ3n) is 5.35. The first kappa shape index (κ1) is 15.7. The van der Waals surface area contributed by atoms with Crippen molar-refractivity contribution >= 4 is 11.9 Å². The number of amides is 1. The lowest BCUT2D eigenvalue weighted by atomic mass is 9.74. The molecule has 1 N–H and O–H groups in total. The van der Waals surface area contributed by atoms with E-state index in [4.69, 9.17) is 9.15 Å². The van der Waals surface area contributed by atoms with Crippen molar-refractivity contribution < 1.29 is 18.7 Å². The van der Waals surface area contributed by atoms with Crippen LogP contribution in [-0.2, 0) is 9.53 Å². The zero-order valence-corrected chi connectivity index (χ0v) is 13.8. The number of esters is 1. The van der Waals surface area contributed by atoms with Crippen molar-refractivity contribution in [3.8, 4) is 0 Å². The standard InChI is InChI=1S/C20H19NO4/c1-24-19(23)20(21-18(22)13-6-3-2-4-7-13)15-10-9-14(12-15)17(20)16-8-5-11-25-16/h2-11,14-15,17H,12H2,1H3,(H,21,22)/t14-,15+,17-,20-/m1/s1. The van der Waals surface area contributed by atoms with Crippen LogP contribution in [0.25, 0.3) is 0 Å². The minimum absolute atomic E-state index is 0.118. The van der Waals surface area contributed by atoms with Gasteiger partial charge in [0.15, 0.2) is 5.54 Å². The van der Waals surface area contributed by atoms with E-state index in [1.54, 1.807) is 36.6 Å². The summed E-state index contributed by atoms with van der Waals surface area (Å²) < 4.78 is 10.7. The molecule has 2 aliphatic carbocycles. The number of furan rings is 1. The van der Waals surface area contributed by atoms with Crippen LogP contribution in [0.2, 0.25) is 0 Å². The summed E-state index contributed by atoms with van der Waals surface area (Å²) >= 11 is 0. The number of nitrogens with one attached hydrogen (secondary N) is 1. The zero-order valence-electron chi connectivity index (χ0n) is 13.8. The zero-order chi connectivity index (χ0) is 17.4. The van der Waals surface area contributed by atoms with Crippen LogP contribution in [0.5, 0.6) is 0 Å². The van der Waals surface area contributed by atoms with E-state index in [0.717, 1.165) is 6.42 Å². The molecule has 25 heavy (non-hydrogen) atoms. The number of allylic oxidation sites excluding steroid dienone is 1. The maximum absolute atomic E-state index is 12.9. The Kier molecular flexibility index (Phi) is 3.71. The van der Waals surface area contributed by atoms with Crippen molar-refractivity contribution in [1.82, 2.24) is 5.32 Å². The number of methoxy groups -OCH3 is 1. The highest BCUT2D eigenvalue weighted by Gasteiger charge is 2.63. The summed E-state index contributed by atoms with van der Waals surface area (Å²) in [5, 5.41) is 3.00. The number of benzene rings is 1. The molecule has 1 aromatic carbocycles. The van der Waals surface area contributed by atoms with Gasteiger partial charge in [-0.1, -0.05) is 30.4 Å². The molecule has 1 fully saturated rings. The Morgan fingerprint density at radius 2 is 1.96 bits per heavy atom. The van der Waals surface area contributed by atoms with E-state index in [1.165, 1.54) is 7.11 Å². The van der Waals surface area contributed by atoms with Crippen molar-refractivity contribution in [3.05, 3.63) is 72.2 Å². The first-order chi connectivity index (χ1) is 12.2. The molecule has 5 nitrogen and oxygen atoms in total. The van der Waals surface area contributed by atoms with Crippen molar-refractivity contribution in [2.45, 2.75) is 17.9 Å². The predicted octanol–water partition coefficient (Wildman–Crippen LogP) is 2.91. The number of ether oxygens (including phenoxy) is 1. The topological polar surface area (TPSA) is 68.5 Å². The Hall–Kier alpha value is -2.82. The summed E-state index contributed by atoms with van der Waals surface area (Å²) in [6, 6.07) is 12.5. The van der Waals surface area contributed by atoms with Crippen molar-refractivity contribution in [1.29, 1.82) is 0 Å². The lowest BCUT2D eigenvalue weighted by Gasteiger charge is -2.39. The molecule has 2 aliphatic rings. The maximum atomic E-state index is 12.9. The molecule has 2 bridgehead atoms. The SMILES string of the molecule is COC(=O)[C@@]1(NC(=O)c2ccccc2)[C@H]2C=C[C@H](C2)[C@@H]1c1ccco1. The monoisotopic (exact) mass is 337 g/mol. The van der Waals surface area contributed by atoms with Gasteiger partial charge in [-0.15, -0.1) is 0 Å². The maximum Gasteiger partial charge on any atom is 0.333 e. The van der Waals surface area contributed by atoms with Gasteiger partial charge in [-0.25, -0.2) is 4.79 Å². The second-order valence-corrected chi connectivity index (χ2v) is 6.56. The summed E-state index contributed by atoms with van der Waals surface area (Å²) in [5.41, 5.74) is -0.644. The summed E-state index contributed by atoms with van der Waals surface area (Å²) in [4.78, 5) is 25.7. The lowest BCUT2D eigenvalue weighted by molar-refractivity contribution is -0.150. The van der Waals surface area contributed by atoms with Gasteiger partial charge in [0.2, 0.25) is 0 Å².